The van der Waals surface area contributed by atoms with Crippen LogP contribution in [0.15, 0.2) is 59.2 Å². The molecule has 0 saturated heterocycles. The van der Waals surface area contributed by atoms with Gasteiger partial charge in [0.25, 0.3) is 0 Å². The molecule has 0 radical (unpaired) electrons. The van der Waals surface area contributed by atoms with Crippen molar-refractivity contribution in [3.8, 4) is 11.5 Å². The number of fused-ring (bicyclic) bond motifs is 1. The van der Waals surface area contributed by atoms with Gasteiger partial charge in [-0.25, -0.2) is 14.4 Å². The topological polar surface area (TPSA) is 72.3 Å². The largest absolute Gasteiger partial charge is 0.457 e. The van der Waals surface area contributed by atoms with E-state index in [1.54, 1.807) is 37.5 Å². The number of halogens is 2. The molecule has 0 bridgehead atoms. The Morgan fingerprint density at radius 3 is 2.73 bits per heavy atom. The van der Waals surface area contributed by atoms with E-state index in [1.807, 2.05) is 29.8 Å². The lowest BCUT2D eigenvalue weighted by Crippen LogP contribution is -2.14. The number of anilines is 3. The molecule has 0 unspecified atom stereocenters. The summed E-state index contributed by atoms with van der Waals surface area (Å²) in [4.78, 5) is 21.0. The predicted octanol–water partition coefficient (Wildman–Crippen LogP) is 5.00. The molecule has 9 heteroatoms. The van der Waals surface area contributed by atoms with E-state index >= 15 is 0 Å². The highest BCUT2D eigenvalue weighted by molar-refractivity contribution is 9.10. The van der Waals surface area contributed by atoms with E-state index in [9.17, 15) is 9.18 Å². The first kappa shape index (κ1) is 19.8. The fraction of sp³-hybridized carbons (Fsp3) is 0.0952. The number of rotatable bonds is 6. The van der Waals surface area contributed by atoms with Crippen LogP contribution in [-0.2, 0) is 11.8 Å². The van der Waals surface area contributed by atoms with Crippen LogP contribution in [-0.4, -0.2) is 28.0 Å². The number of amides is 1. The number of carbonyl (C=O) groups is 1. The number of nitrogens with one attached hydrogen (secondary N) is 1. The lowest BCUT2D eigenvalue weighted by molar-refractivity contribution is -0.107. The highest BCUT2D eigenvalue weighted by Gasteiger charge is 2.11. The van der Waals surface area contributed by atoms with Gasteiger partial charge in [-0.3, -0.25) is 4.79 Å². The van der Waals surface area contributed by atoms with Gasteiger partial charge in [0.05, 0.1) is 15.5 Å². The summed E-state index contributed by atoms with van der Waals surface area (Å²) < 4.78 is 22.0. The van der Waals surface area contributed by atoms with Crippen molar-refractivity contribution in [3.63, 3.8) is 0 Å². The minimum Gasteiger partial charge on any atom is -0.457 e. The molecule has 7 nitrogen and oxygen atoms in total. The fourth-order valence-corrected chi connectivity index (χ4v) is 3.15. The van der Waals surface area contributed by atoms with E-state index in [-0.39, 0.29) is 5.82 Å². The second kappa shape index (κ2) is 8.11. The van der Waals surface area contributed by atoms with Gasteiger partial charge in [0.1, 0.15) is 23.1 Å². The Kier molecular flexibility index (Phi) is 5.37. The van der Waals surface area contributed by atoms with Crippen LogP contribution in [0.2, 0.25) is 0 Å². The highest BCUT2D eigenvalue weighted by Crippen LogP contribution is 2.29. The Hall–Kier alpha value is -3.46. The number of aromatic nitrogens is 3. The molecule has 1 N–H and O–H groups in total. The summed E-state index contributed by atoms with van der Waals surface area (Å²) in [6, 6.07) is 13.7. The van der Waals surface area contributed by atoms with E-state index in [2.05, 4.69) is 31.2 Å². The average Bonchev–Trinajstić information content (AvgIpc) is 3.05. The van der Waals surface area contributed by atoms with Gasteiger partial charge in [-0.15, -0.1) is 0 Å². The van der Waals surface area contributed by atoms with Crippen molar-refractivity contribution in [1.29, 1.82) is 0 Å². The highest BCUT2D eigenvalue weighted by atomic mass is 79.9. The molecule has 0 aliphatic heterocycles. The summed E-state index contributed by atoms with van der Waals surface area (Å²) in [6.07, 6.45) is 2.25. The maximum Gasteiger partial charge on any atom is 0.215 e. The standard InChI is InChI=1S/C21H17BrFN5O2/c1-27(12-29)20-11-15(7-8-24-20)30-14-4-6-19-18(10-14)26-21(28(19)2)25-13-3-5-16(22)17(23)9-13/h3-12H,1-2H3,(H,25,26). The summed E-state index contributed by atoms with van der Waals surface area (Å²) >= 11 is 3.15. The SMILES string of the molecule is CN(C=O)c1cc(Oc2ccc3c(c2)nc(Nc2ccc(Br)c(F)c2)n3C)ccn1. The van der Waals surface area contributed by atoms with Crippen LogP contribution in [0.5, 0.6) is 11.5 Å². The molecule has 4 rings (SSSR count). The Balaban J connectivity index is 1.60. The third-order valence-electron chi connectivity index (χ3n) is 4.50. The molecule has 2 aromatic heterocycles. The summed E-state index contributed by atoms with van der Waals surface area (Å²) in [5.41, 5.74) is 2.20. The molecule has 0 aliphatic rings. The minimum absolute atomic E-state index is 0.355. The van der Waals surface area contributed by atoms with Gasteiger partial charge in [0.15, 0.2) is 0 Å². The predicted molar refractivity (Wildman–Crippen MR) is 117 cm³/mol. The molecule has 0 atom stereocenters. The van der Waals surface area contributed by atoms with Crippen LogP contribution in [0, 0.1) is 5.82 Å². The number of hydrogen-bond donors (Lipinski definition) is 1. The minimum atomic E-state index is -0.355. The van der Waals surface area contributed by atoms with Gasteiger partial charge in [0.2, 0.25) is 12.4 Å². The molecule has 1 amide bonds. The third-order valence-corrected chi connectivity index (χ3v) is 5.14. The molecular formula is C21H17BrFN5O2. The van der Waals surface area contributed by atoms with Gasteiger partial charge in [-0.1, -0.05) is 0 Å². The van der Waals surface area contributed by atoms with E-state index in [0.717, 1.165) is 11.0 Å². The maximum atomic E-state index is 13.8. The first-order valence-corrected chi connectivity index (χ1v) is 9.74. The number of imidazole rings is 1. The fourth-order valence-electron chi connectivity index (χ4n) is 2.90. The zero-order valence-corrected chi connectivity index (χ0v) is 17.7. The number of ether oxygens (including phenoxy) is 1. The van der Waals surface area contributed by atoms with E-state index in [4.69, 9.17) is 4.74 Å². The van der Waals surface area contributed by atoms with Crippen LogP contribution >= 0.6 is 15.9 Å². The van der Waals surface area contributed by atoms with Crippen LogP contribution in [0.25, 0.3) is 11.0 Å². The van der Waals surface area contributed by atoms with Gasteiger partial charge in [-0.05, 0) is 52.3 Å². The van der Waals surface area contributed by atoms with Crippen LogP contribution in [0.4, 0.5) is 21.8 Å². The monoisotopic (exact) mass is 469 g/mol. The molecule has 0 fully saturated rings. The van der Waals surface area contributed by atoms with Crippen molar-refractivity contribution in [2.24, 2.45) is 7.05 Å². The van der Waals surface area contributed by atoms with Crippen molar-refractivity contribution >= 4 is 50.8 Å². The normalized spacial score (nSPS) is 10.8. The summed E-state index contributed by atoms with van der Waals surface area (Å²) in [6.45, 7) is 0. The number of hydrogen-bond acceptors (Lipinski definition) is 5. The Labute approximate surface area is 180 Å². The molecular weight excluding hydrogens is 453 g/mol. The lowest BCUT2D eigenvalue weighted by atomic mass is 10.3. The number of benzene rings is 2. The number of aryl methyl sites for hydroxylation is 1. The third kappa shape index (κ3) is 3.97. The van der Waals surface area contributed by atoms with Gasteiger partial charge in [0, 0.05) is 38.1 Å². The summed E-state index contributed by atoms with van der Waals surface area (Å²) in [5, 5.41) is 3.13. The zero-order chi connectivity index (χ0) is 21.3. The van der Waals surface area contributed by atoms with E-state index in [0.29, 0.717) is 39.8 Å². The molecule has 2 heterocycles. The van der Waals surface area contributed by atoms with E-state index in [1.165, 1.54) is 11.0 Å². The van der Waals surface area contributed by atoms with Crippen molar-refractivity contribution in [3.05, 3.63) is 65.0 Å². The quantitative estimate of drug-likeness (QED) is 0.402. The number of carbonyl (C=O) groups excluding carboxylic acids is 1. The van der Waals surface area contributed by atoms with Crippen molar-refractivity contribution < 1.29 is 13.9 Å². The van der Waals surface area contributed by atoms with Gasteiger partial charge in [-0.2, -0.15) is 0 Å². The zero-order valence-electron chi connectivity index (χ0n) is 16.1. The average molecular weight is 470 g/mol. The second-order valence-electron chi connectivity index (χ2n) is 6.57. The molecule has 4 aromatic rings. The van der Waals surface area contributed by atoms with Gasteiger partial charge >= 0.3 is 0 Å². The van der Waals surface area contributed by atoms with E-state index < -0.39 is 0 Å². The first-order chi connectivity index (χ1) is 14.4. The van der Waals surface area contributed by atoms with Crippen molar-refractivity contribution in [2.45, 2.75) is 0 Å². The van der Waals surface area contributed by atoms with Crippen LogP contribution < -0.4 is 15.0 Å². The number of pyridine rings is 1. The van der Waals surface area contributed by atoms with Crippen molar-refractivity contribution in [2.75, 3.05) is 17.3 Å². The lowest BCUT2D eigenvalue weighted by Gasteiger charge is -2.11. The molecule has 0 aliphatic carbocycles. The molecule has 0 saturated carbocycles. The molecule has 30 heavy (non-hydrogen) atoms. The van der Waals surface area contributed by atoms with Gasteiger partial charge < -0.3 is 19.5 Å². The summed E-state index contributed by atoms with van der Waals surface area (Å²) in [5.74, 6) is 1.84. The Bertz CT molecular complexity index is 1240. The smallest absolute Gasteiger partial charge is 0.215 e. The van der Waals surface area contributed by atoms with Crippen LogP contribution in [0.3, 0.4) is 0 Å². The van der Waals surface area contributed by atoms with Crippen molar-refractivity contribution in [1.82, 2.24) is 14.5 Å². The van der Waals surface area contributed by atoms with Crippen LogP contribution in [0.1, 0.15) is 0 Å². The molecule has 2 aromatic carbocycles. The Morgan fingerprint density at radius 2 is 1.97 bits per heavy atom. The first-order valence-electron chi connectivity index (χ1n) is 8.95. The molecule has 152 valence electrons. The molecule has 0 spiro atoms. The summed E-state index contributed by atoms with van der Waals surface area (Å²) in [7, 11) is 3.49. The number of nitrogens with zero attached hydrogens (tertiary/aromatic N) is 4. The maximum absolute atomic E-state index is 13.8. The second-order valence-corrected chi connectivity index (χ2v) is 7.42. The Morgan fingerprint density at radius 1 is 1.17 bits per heavy atom.